The van der Waals surface area contributed by atoms with Crippen LogP contribution in [-0.2, 0) is 4.79 Å². The number of fused-ring (bicyclic) bond motifs is 1. The van der Waals surface area contributed by atoms with Gasteiger partial charge in [-0.2, -0.15) is 0 Å². The zero-order valence-electron chi connectivity index (χ0n) is 19.2. The van der Waals surface area contributed by atoms with Crippen LogP contribution in [0.5, 0.6) is 0 Å². The maximum Gasteiger partial charge on any atom is 0.305 e. The number of aromatic nitrogens is 1. The SMILES string of the molecule is CC(C)c1cc2c(-c3ccc(F)cc3)c(/C=C/[C@@H](O)C[C@@H](O)CC(=O)O)c(C(C)C)nc2s1. The first kappa shape index (κ1) is 25.0. The first-order valence-corrected chi connectivity index (χ1v) is 11.9. The number of aliphatic hydroxyl groups is 2. The molecule has 0 aliphatic carbocycles. The summed E-state index contributed by atoms with van der Waals surface area (Å²) in [5.74, 6) is -1.01. The average molecular weight is 472 g/mol. The highest BCUT2D eigenvalue weighted by Gasteiger charge is 2.21. The second kappa shape index (κ2) is 10.5. The predicted molar refractivity (Wildman–Crippen MR) is 131 cm³/mol. The van der Waals surface area contributed by atoms with E-state index in [0.717, 1.165) is 32.6 Å². The number of pyridine rings is 1. The summed E-state index contributed by atoms with van der Waals surface area (Å²) in [7, 11) is 0. The quantitative estimate of drug-likeness (QED) is 0.359. The van der Waals surface area contributed by atoms with Crippen molar-refractivity contribution in [3.05, 3.63) is 58.4 Å². The molecule has 2 aromatic heterocycles. The lowest BCUT2D eigenvalue weighted by Crippen LogP contribution is -2.19. The van der Waals surface area contributed by atoms with E-state index in [1.165, 1.54) is 17.0 Å². The van der Waals surface area contributed by atoms with Crippen molar-refractivity contribution in [3.63, 3.8) is 0 Å². The molecule has 176 valence electrons. The van der Waals surface area contributed by atoms with Crippen LogP contribution in [-0.4, -0.2) is 38.5 Å². The molecule has 0 spiro atoms. The molecule has 0 fully saturated rings. The molecule has 1 aromatic carbocycles. The van der Waals surface area contributed by atoms with E-state index in [4.69, 9.17) is 10.1 Å². The van der Waals surface area contributed by atoms with Crippen LogP contribution < -0.4 is 0 Å². The molecule has 3 rings (SSSR count). The highest BCUT2D eigenvalue weighted by Crippen LogP contribution is 2.41. The second-order valence-corrected chi connectivity index (χ2v) is 9.95. The molecule has 0 bridgehead atoms. The minimum Gasteiger partial charge on any atom is -0.481 e. The van der Waals surface area contributed by atoms with Gasteiger partial charge in [-0.05, 0) is 35.6 Å². The molecule has 0 amide bonds. The Morgan fingerprint density at radius 1 is 1.12 bits per heavy atom. The van der Waals surface area contributed by atoms with Gasteiger partial charge in [0.15, 0.2) is 0 Å². The molecule has 33 heavy (non-hydrogen) atoms. The monoisotopic (exact) mass is 471 g/mol. The van der Waals surface area contributed by atoms with Gasteiger partial charge < -0.3 is 15.3 Å². The van der Waals surface area contributed by atoms with Crippen LogP contribution in [0.2, 0.25) is 0 Å². The molecule has 0 aliphatic rings. The molecule has 2 atom stereocenters. The Hall–Kier alpha value is -2.61. The summed E-state index contributed by atoms with van der Waals surface area (Å²) in [4.78, 5) is 17.9. The van der Waals surface area contributed by atoms with Crippen molar-refractivity contribution < 1.29 is 24.5 Å². The third-order valence-electron chi connectivity index (χ3n) is 5.43. The Bertz CT molecular complexity index is 1150. The van der Waals surface area contributed by atoms with Gasteiger partial charge in [-0.25, -0.2) is 9.37 Å². The van der Waals surface area contributed by atoms with Gasteiger partial charge in [-0.15, -0.1) is 11.3 Å². The molecule has 3 aromatic rings. The summed E-state index contributed by atoms with van der Waals surface area (Å²) in [5.41, 5.74) is 3.44. The molecule has 0 saturated heterocycles. The van der Waals surface area contributed by atoms with Gasteiger partial charge in [0.1, 0.15) is 10.6 Å². The standard InChI is InChI=1S/C26H30FNO4S/c1-14(2)22-13-21-24(16-5-7-17(27)8-6-16)20(25(15(3)4)28-26(21)33-22)10-9-18(29)11-19(30)12-23(31)32/h5-10,13-15,18-19,29-30H,11-12H2,1-4H3,(H,31,32)/b10-9+/t18-,19-/m1/s1. The molecule has 0 aliphatic heterocycles. The van der Waals surface area contributed by atoms with Crippen molar-refractivity contribution in [1.29, 1.82) is 0 Å². The molecule has 0 unspecified atom stereocenters. The Labute approximate surface area is 197 Å². The van der Waals surface area contributed by atoms with Gasteiger partial charge in [-0.1, -0.05) is 52.0 Å². The smallest absolute Gasteiger partial charge is 0.305 e. The van der Waals surface area contributed by atoms with Crippen LogP contribution >= 0.6 is 11.3 Å². The number of hydrogen-bond acceptors (Lipinski definition) is 5. The summed E-state index contributed by atoms with van der Waals surface area (Å²) >= 11 is 1.65. The first-order valence-electron chi connectivity index (χ1n) is 11.1. The van der Waals surface area contributed by atoms with E-state index in [1.54, 1.807) is 35.6 Å². The number of carboxylic acids is 1. The average Bonchev–Trinajstić information content (AvgIpc) is 3.15. The number of thiophene rings is 1. The third kappa shape index (κ3) is 6.05. The highest BCUT2D eigenvalue weighted by atomic mass is 32.1. The zero-order valence-corrected chi connectivity index (χ0v) is 20.1. The maximum atomic E-state index is 13.7. The highest BCUT2D eigenvalue weighted by molar-refractivity contribution is 7.18. The van der Waals surface area contributed by atoms with Crippen molar-refractivity contribution >= 4 is 33.6 Å². The fraction of sp³-hybridized carbons (Fsp3) is 0.385. The summed E-state index contributed by atoms with van der Waals surface area (Å²) in [5, 5.41) is 30.1. The van der Waals surface area contributed by atoms with Gasteiger partial charge in [0.05, 0.1) is 24.3 Å². The number of nitrogens with zero attached hydrogens (tertiary/aromatic N) is 1. The molecule has 0 radical (unpaired) electrons. The predicted octanol–water partition coefficient (Wildman–Crippen LogP) is 5.95. The van der Waals surface area contributed by atoms with Crippen LogP contribution in [0.3, 0.4) is 0 Å². The van der Waals surface area contributed by atoms with E-state index in [1.807, 2.05) is 13.8 Å². The topological polar surface area (TPSA) is 90.7 Å². The fourth-order valence-electron chi connectivity index (χ4n) is 3.78. The lowest BCUT2D eigenvalue weighted by atomic mass is 9.91. The zero-order chi connectivity index (χ0) is 24.3. The lowest BCUT2D eigenvalue weighted by Gasteiger charge is -2.17. The van der Waals surface area contributed by atoms with E-state index in [2.05, 4.69) is 19.9 Å². The first-order chi connectivity index (χ1) is 15.6. The summed E-state index contributed by atoms with van der Waals surface area (Å²) < 4.78 is 13.7. The number of hydrogen-bond donors (Lipinski definition) is 3. The van der Waals surface area contributed by atoms with E-state index >= 15 is 0 Å². The molecule has 0 saturated carbocycles. The van der Waals surface area contributed by atoms with Gasteiger partial charge in [0.25, 0.3) is 0 Å². The van der Waals surface area contributed by atoms with Gasteiger partial charge in [-0.3, -0.25) is 4.79 Å². The molecule has 3 N–H and O–H groups in total. The fourth-order valence-corrected chi connectivity index (χ4v) is 4.83. The Morgan fingerprint density at radius 3 is 2.36 bits per heavy atom. The minimum absolute atomic E-state index is 0.0860. The van der Waals surface area contributed by atoms with Gasteiger partial charge in [0.2, 0.25) is 0 Å². The largest absolute Gasteiger partial charge is 0.481 e. The van der Waals surface area contributed by atoms with E-state index in [0.29, 0.717) is 5.92 Å². The lowest BCUT2D eigenvalue weighted by molar-refractivity contribution is -0.139. The van der Waals surface area contributed by atoms with Crippen molar-refractivity contribution in [1.82, 2.24) is 4.98 Å². The maximum absolute atomic E-state index is 13.7. The molecule has 7 heteroatoms. The van der Waals surface area contributed by atoms with Gasteiger partial charge in [0, 0.05) is 27.8 Å². The number of rotatable bonds is 9. The third-order valence-corrected chi connectivity index (χ3v) is 6.76. The molecular formula is C26H30FNO4S. The Morgan fingerprint density at radius 2 is 1.79 bits per heavy atom. The number of carboxylic acid groups (broad SMARTS) is 1. The number of carbonyl (C=O) groups is 1. The second-order valence-electron chi connectivity index (χ2n) is 8.88. The van der Waals surface area contributed by atoms with Crippen LogP contribution in [0.4, 0.5) is 4.39 Å². The number of benzene rings is 1. The number of aliphatic hydroxyl groups excluding tert-OH is 2. The van der Waals surface area contributed by atoms with Crippen molar-refractivity contribution in [3.8, 4) is 11.1 Å². The summed E-state index contributed by atoms with van der Waals surface area (Å²) in [6.07, 6.45) is 0.661. The van der Waals surface area contributed by atoms with E-state index in [9.17, 15) is 19.4 Å². The van der Waals surface area contributed by atoms with Crippen molar-refractivity contribution in [2.24, 2.45) is 0 Å². The number of aliphatic carboxylic acids is 1. The van der Waals surface area contributed by atoms with Gasteiger partial charge >= 0.3 is 5.97 Å². The van der Waals surface area contributed by atoms with Crippen LogP contribution in [0.25, 0.3) is 27.4 Å². The molecule has 5 nitrogen and oxygen atoms in total. The van der Waals surface area contributed by atoms with Crippen LogP contribution in [0.1, 0.15) is 68.5 Å². The number of halogens is 1. The Kier molecular flexibility index (Phi) is 8.00. The van der Waals surface area contributed by atoms with Crippen LogP contribution in [0.15, 0.2) is 36.4 Å². The van der Waals surface area contributed by atoms with Crippen molar-refractivity contribution in [2.75, 3.05) is 0 Å². The molecular weight excluding hydrogens is 441 g/mol. The minimum atomic E-state index is -1.14. The van der Waals surface area contributed by atoms with E-state index in [-0.39, 0.29) is 18.2 Å². The van der Waals surface area contributed by atoms with Crippen molar-refractivity contribution in [2.45, 2.75) is 64.6 Å². The Balaban J connectivity index is 2.16. The van der Waals surface area contributed by atoms with E-state index < -0.39 is 24.6 Å². The van der Waals surface area contributed by atoms with Crippen LogP contribution in [0, 0.1) is 5.82 Å². The summed E-state index contributed by atoms with van der Waals surface area (Å²) in [6, 6.07) is 8.47. The normalized spacial score (nSPS) is 14.0. The summed E-state index contributed by atoms with van der Waals surface area (Å²) in [6.45, 7) is 8.35. The molecule has 2 heterocycles.